The summed E-state index contributed by atoms with van der Waals surface area (Å²) >= 11 is 7.17. The number of anilines is 2. The van der Waals surface area contributed by atoms with E-state index in [0.717, 1.165) is 41.9 Å². The second kappa shape index (κ2) is 6.75. The summed E-state index contributed by atoms with van der Waals surface area (Å²) in [5, 5.41) is 0.880. The van der Waals surface area contributed by atoms with Crippen LogP contribution in [0.3, 0.4) is 0 Å². The Labute approximate surface area is 141 Å². The van der Waals surface area contributed by atoms with Gasteiger partial charge in [-0.15, -0.1) is 0 Å². The Kier molecular flexibility index (Phi) is 4.75. The maximum atomic E-state index is 4.32. The fourth-order valence-electron chi connectivity index (χ4n) is 2.49. The highest BCUT2D eigenvalue weighted by Crippen LogP contribution is 2.29. The maximum Gasteiger partial charge on any atom is 0.225 e. The molecular formula is C15H16Br2N4. The third-order valence-corrected chi connectivity index (χ3v) is 4.90. The molecule has 0 aliphatic carbocycles. The Morgan fingerprint density at radius 3 is 2.29 bits per heavy atom. The van der Waals surface area contributed by atoms with Crippen LogP contribution in [0.25, 0.3) is 0 Å². The van der Waals surface area contributed by atoms with Gasteiger partial charge >= 0.3 is 0 Å². The van der Waals surface area contributed by atoms with Crippen LogP contribution in [0.2, 0.25) is 0 Å². The first-order chi connectivity index (χ1) is 10.3. The topological polar surface area (TPSA) is 32.3 Å². The molecule has 2 aromatic rings. The highest BCUT2D eigenvalue weighted by Gasteiger charge is 2.20. The number of hydrogen-bond donors (Lipinski definition) is 0. The quantitative estimate of drug-likeness (QED) is 0.724. The van der Waals surface area contributed by atoms with Crippen molar-refractivity contribution in [1.82, 2.24) is 9.97 Å². The molecule has 110 valence electrons. The van der Waals surface area contributed by atoms with E-state index >= 15 is 0 Å². The van der Waals surface area contributed by atoms with E-state index in [1.807, 2.05) is 6.07 Å². The SMILES string of the molecule is BrCc1ccc(N2CCN(c3ncccn3)CC2)c(Br)c1. The highest BCUT2D eigenvalue weighted by atomic mass is 79.9. The van der Waals surface area contributed by atoms with Crippen LogP contribution in [0, 0.1) is 0 Å². The molecule has 0 amide bonds. The monoisotopic (exact) mass is 410 g/mol. The molecule has 1 saturated heterocycles. The normalized spacial score (nSPS) is 15.3. The van der Waals surface area contributed by atoms with Crippen LogP contribution in [-0.2, 0) is 5.33 Å². The molecule has 1 aliphatic heterocycles. The van der Waals surface area contributed by atoms with Crippen LogP contribution in [0.5, 0.6) is 0 Å². The summed E-state index contributed by atoms with van der Waals surface area (Å²) < 4.78 is 1.16. The van der Waals surface area contributed by atoms with Gasteiger partial charge in [0.1, 0.15) is 0 Å². The molecule has 1 aromatic carbocycles. The van der Waals surface area contributed by atoms with Crippen LogP contribution >= 0.6 is 31.9 Å². The summed E-state index contributed by atoms with van der Waals surface area (Å²) in [4.78, 5) is 13.3. The molecule has 3 rings (SSSR count). The molecule has 0 N–H and O–H groups in total. The largest absolute Gasteiger partial charge is 0.367 e. The third kappa shape index (κ3) is 3.37. The Balaban J connectivity index is 1.68. The van der Waals surface area contributed by atoms with Gasteiger partial charge in [-0.05, 0) is 39.7 Å². The lowest BCUT2D eigenvalue weighted by Crippen LogP contribution is -2.47. The number of piperazine rings is 1. The van der Waals surface area contributed by atoms with Crippen LogP contribution in [0.15, 0.2) is 41.1 Å². The zero-order valence-electron chi connectivity index (χ0n) is 11.5. The first kappa shape index (κ1) is 14.8. The van der Waals surface area contributed by atoms with Crippen LogP contribution < -0.4 is 9.80 Å². The molecule has 4 nitrogen and oxygen atoms in total. The number of alkyl halides is 1. The molecule has 2 heterocycles. The molecule has 0 bridgehead atoms. The number of rotatable bonds is 3. The van der Waals surface area contributed by atoms with Crippen LogP contribution in [0.4, 0.5) is 11.6 Å². The van der Waals surface area contributed by atoms with Crippen LogP contribution in [0.1, 0.15) is 5.56 Å². The minimum atomic E-state index is 0.825. The van der Waals surface area contributed by atoms with Crippen molar-refractivity contribution in [2.24, 2.45) is 0 Å². The summed E-state index contributed by atoms with van der Waals surface area (Å²) in [6.45, 7) is 3.84. The predicted octanol–water partition coefficient (Wildman–Crippen LogP) is 3.46. The van der Waals surface area contributed by atoms with Crippen molar-refractivity contribution >= 4 is 43.5 Å². The molecular weight excluding hydrogens is 396 g/mol. The van der Waals surface area contributed by atoms with Gasteiger partial charge in [0.25, 0.3) is 0 Å². The summed E-state index contributed by atoms with van der Waals surface area (Å²) in [6.07, 6.45) is 3.59. The van der Waals surface area contributed by atoms with E-state index in [0.29, 0.717) is 0 Å². The van der Waals surface area contributed by atoms with E-state index in [1.165, 1.54) is 11.3 Å². The van der Waals surface area contributed by atoms with Gasteiger partial charge < -0.3 is 9.80 Å². The van der Waals surface area contributed by atoms with Gasteiger partial charge in [-0.2, -0.15) is 0 Å². The molecule has 0 unspecified atom stereocenters. The molecule has 0 saturated carbocycles. The van der Waals surface area contributed by atoms with Crippen molar-refractivity contribution in [3.63, 3.8) is 0 Å². The van der Waals surface area contributed by atoms with E-state index in [-0.39, 0.29) is 0 Å². The van der Waals surface area contributed by atoms with Gasteiger partial charge in [0.2, 0.25) is 5.95 Å². The Hall–Kier alpha value is -1.14. The average Bonchev–Trinajstić information content (AvgIpc) is 2.56. The Bertz CT molecular complexity index is 598. The van der Waals surface area contributed by atoms with E-state index in [9.17, 15) is 0 Å². The standard InChI is InChI=1S/C15H16Br2N4/c16-11-12-2-3-14(13(17)10-12)20-6-8-21(9-7-20)15-18-4-1-5-19-15/h1-5,10H,6-9,11H2. The number of nitrogens with zero attached hydrogens (tertiary/aromatic N) is 4. The molecule has 1 aromatic heterocycles. The maximum absolute atomic E-state index is 4.32. The van der Waals surface area contributed by atoms with Crippen molar-refractivity contribution in [2.75, 3.05) is 36.0 Å². The van der Waals surface area contributed by atoms with Crippen molar-refractivity contribution < 1.29 is 0 Å². The molecule has 0 radical (unpaired) electrons. The zero-order chi connectivity index (χ0) is 14.7. The number of hydrogen-bond acceptors (Lipinski definition) is 4. The molecule has 0 atom stereocenters. The minimum Gasteiger partial charge on any atom is -0.367 e. The molecule has 0 spiro atoms. The number of halogens is 2. The summed E-state index contributed by atoms with van der Waals surface area (Å²) in [5.74, 6) is 0.825. The lowest BCUT2D eigenvalue weighted by Gasteiger charge is -2.36. The Morgan fingerprint density at radius 2 is 1.67 bits per heavy atom. The minimum absolute atomic E-state index is 0.825. The molecule has 21 heavy (non-hydrogen) atoms. The lowest BCUT2D eigenvalue weighted by molar-refractivity contribution is 0.639. The van der Waals surface area contributed by atoms with Crippen molar-refractivity contribution in [3.8, 4) is 0 Å². The summed E-state index contributed by atoms with van der Waals surface area (Å²) in [6, 6.07) is 8.38. The van der Waals surface area contributed by atoms with Gasteiger partial charge in [-0.1, -0.05) is 22.0 Å². The average molecular weight is 412 g/mol. The van der Waals surface area contributed by atoms with Gasteiger partial charge in [0, 0.05) is 48.4 Å². The Morgan fingerprint density at radius 1 is 1.00 bits per heavy atom. The second-order valence-electron chi connectivity index (χ2n) is 4.94. The molecule has 6 heteroatoms. The number of aromatic nitrogens is 2. The first-order valence-corrected chi connectivity index (χ1v) is 8.80. The van der Waals surface area contributed by atoms with E-state index in [4.69, 9.17) is 0 Å². The van der Waals surface area contributed by atoms with E-state index in [2.05, 4.69) is 69.8 Å². The summed E-state index contributed by atoms with van der Waals surface area (Å²) in [7, 11) is 0. The summed E-state index contributed by atoms with van der Waals surface area (Å²) in [5.41, 5.74) is 2.54. The fraction of sp³-hybridized carbons (Fsp3) is 0.333. The lowest BCUT2D eigenvalue weighted by atomic mass is 10.2. The van der Waals surface area contributed by atoms with Gasteiger partial charge in [-0.3, -0.25) is 0 Å². The van der Waals surface area contributed by atoms with E-state index < -0.39 is 0 Å². The molecule has 1 aliphatic rings. The predicted molar refractivity (Wildman–Crippen MR) is 93.2 cm³/mol. The fourth-order valence-corrected chi connectivity index (χ4v) is 3.52. The van der Waals surface area contributed by atoms with Crippen molar-refractivity contribution in [3.05, 3.63) is 46.7 Å². The van der Waals surface area contributed by atoms with Crippen LogP contribution in [-0.4, -0.2) is 36.1 Å². The highest BCUT2D eigenvalue weighted by molar-refractivity contribution is 9.10. The third-order valence-electron chi connectivity index (χ3n) is 3.62. The van der Waals surface area contributed by atoms with Gasteiger partial charge in [-0.25, -0.2) is 9.97 Å². The first-order valence-electron chi connectivity index (χ1n) is 6.89. The van der Waals surface area contributed by atoms with E-state index in [1.54, 1.807) is 12.4 Å². The molecule has 1 fully saturated rings. The van der Waals surface area contributed by atoms with Crippen molar-refractivity contribution in [2.45, 2.75) is 5.33 Å². The number of benzene rings is 1. The smallest absolute Gasteiger partial charge is 0.225 e. The van der Waals surface area contributed by atoms with Crippen molar-refractivity contribution in [1.29, 1.82) is 0 Å². The zero-order valence-corrected chi connectivity index (χ0v) is 14.7. The second-order valence-corrected chi connectivity index (χ2v) is 6.36. The van der Waals surface area contributed by atoms with Gasteiger partial charge in [0.05, 0.1) is 5.69 Å². The van der Waals surface area contributed by atoms with Gasteiger partial charge in [0.15, 0.2) is 0 Å².